The Bertz CT molecular complexity index is 730. The zero-order valence-electron chi connectivity index (χ0n) is 11.3. The van der Waals surface area contributed by atoms with Crippen LogP contribution in [-0.4, -0.2) is 22.2 Å². The minimum Gasteiger partial charge on any atom is -0.354 e. The molecule has 1 amide bonds. The number of aromatic amines is 1. The van der Waals surface area contributed by atoms with E-state index in [0.717, 1.165) is 17.5 Å². The van der Waals surface area contributed by atoms with Crippen LogP contribution in [0.5, 0.6) is 0 Å². The first-order valence-electron chi connectivity index (χ1n) is 6.62. The largest absolute Gasteiger partial charge is 0.354 e. The molecule has 1 heterocycles. The lowest BCUT2D eigenvalue weighted by Crippen LogP contribution is -2.36. The van der Waals surface area contributed by atoms with Crippen molar-refractivity contribution < 1.29 is 4.79 Å². The van der Waals surface area contributed by atoms with Gasteiger partial charge in [-0.2, -0.15) is 0 Å². The summed E-state index contributed by atoms with van der Waals surface area (Å²) in [5.41, 5.74) is -0.743. The monoisotopic (exact) mass is 275 g/mol. The van der Waals surface area contributed by atoms with E-state index in [1.54, 1.807) is 24.3 Å². The van der Waals surface area contributed by atoms with Crippen LogP contribution in [0.4, 0.5) is 0 Å². The predicted octanol–water partition coefficient (Wildman–Crippen LogP) is 0.606. The molecular formula is C14H17N3O3. The smallest absolute Gasteiger partial charge is 0.273 e. The van der Waals surface area contributed by atoms with Crippen LogP contribution in [0.1, 0.15) is 19.8 Å². The summed E-state index contributed by atoms with van der Waals surface area (Å²) in [5.74, 6) is -0.286. The summed E-state index contributed by atoms with van der Waals surface area (Å²) in [6, 6.07) is 6.55. The van der Waals surface area contributed by atoms with Crippen molar-refractivity contribution in [1.82, 2.24) is 15.1 Å². The van der Waals surface area contributed by atoms with E-state index < -0.39 is 0 Å². The number of nitrogens with one attached hydrogen (secondary N) is 2. The lowest BCUT2D eigenvalue weighted by Gasteiger charge is -2.07. The normalized spacial score (nSPS) is 10.7. The number of aromatic nitrogens is 2. The second-order valence-electron chi connectivity index (χ2n) is 4.58. The molecule has 106 valence electrons. The molecule has 0 aliphatic rings. The highest BCUT2D eigenvalue weighted by molar-refractivity contribution is 5.81. The number of nitrogens with zero attached hydrogens (tertiary/aromatic N) is 1. The molecule has 0 radical (unpaired) electrons. The van der Waals surface area contributed by atoms with Crippen LogP contribution in [0.25, 0.3) is 10.8 Å². The first-order chi connectivity index (χ1) is 9.63. The number of carbonyl (C=O) groups is 1. The Labute approximate surface area is 115 Å². The van der Waals surface area contributed by atoms with Crippen molar-refractivity contribution in [3.63, 3.8) is 0 Å². The molecule has 2 aromatic rings. The molecule has 6 heteroatoms. The summed E-state index contributed by atoms with van der Waals surface area (Å²) in [7, 11) is 0. The molecule has 6 nitrogen and oxygen atoms in total. The number of H-pyrrole nitrogens is 1. The third-order valence-electron chi connectivity index (χ3n) is 3.04. The van der Waals surface area contributed by atoms with Crippen LogP contribution in [0.3, 0.4) is 0 Å². The SMILES string of the molecule is CCCCNC(=O)Cn1[nH]c(=O)c2ccccc2c1=O. The molecule has 1 aromatic heterocycles. The standard InChI is InChI=1S/C14H17N3O3/c1-2-3-8-15-12(18)9-17-14(20)11-7-5-4-6-10(11)13(19)16-17/h4-7H,2-3,8-9H2,1H3,(H,15,18)(H,16,19). The first-order valence-corrected chi connectivity index (χ1v) is 6.62. The molecule has 0 fully saturated rings. The van der Waals surface area contributed by atoms with E-state index in [0.29, 0.717) is 17.3 Å². The molecule has 2 rings (SSSR count). The van der Waals surface area contributed by atoms with Gasteiger partial charge in [-0.1, -0.05) is 25.5 Å². The lowest BCUT2D eigenvalue weighted by molar-refractivity contribution is -0.121. The maximum absolute atomic E-state index is 12.2. The van der Waals surface area contributed by atoms with E-state index >= 15 is 0 Å². The van der Waals surface area contributed by atoms with Gasteiger partial charge in [0.15, 0.2) is 0 Å². The first kappa shape index (κ1) is 14.0. The number of hydrogen-bond donors (Lipinski definition) is 2. The lowest BCUT2D eigenvalue weighted by atomic mass is 10.2. The molecule has 0 spiro atoms. The minimum atomic E-state index is -0.374. The third kappa shape index (κ3) is 2.96. The Morgan fingerprint density at radius 1 is 1.25 bits per heavy atom. The number of hydrogen-bond acceptors (Lipinski definition) is 3. The van der Waals surface area contributed by atoms with Crippen molar-refractivity contribution in [1.29, 1.82) is 0 Å². The Morgan fingerprint density at radius 3 is 2.65 bits per heavy atom. The summed E-state index contributed by atoms with van der Waals surface area (Å²) in [5, 5.41) is 5.78. The van der Waals surface area contributed by atoms with Crippen molar-refractivity contribution in [2.45, 2.75) is 26.3 Å². The fourth-order valence-corrected chi connectivity index (χ4v) is 1.96. The molecule has 0 atom stereocenters. The Kier molecular flexibility index (Phi) is 4.34. The van der Waals surface area contributed by atoms with Gasteiger partial charge in [0.2, 0.25) is 5.91 Å². The fourth-order valence-electron chi connectivity index (χ4n) is 1.96. The zero-order valence-corrected chi connectivity index (χ0v) is 11.3. The van der Waals surface area contributed by atoms with Gasteiger partial charge < -0.3 is 5.32 Å². The van der Waals surface area contributed by atoms with Crippen LogP contribution in [0, 0.1) is 0 Å². The molecule has 0 saturated carbocycles. The van der Waals surface area contributed by atoms with Gasteiger partial charge in [0.1, 0.15) is 6.54 Å². The predicted molar refractivity (Wildman–Crippen MR) is 76.7 cm³/mol. The van der Waals surface area contributed by atoms with Crippen molar-refractivity contribution in [3.05, 3.63) is 45.0 Å². The van der Waals surface area contributed by atoms with Gasteiger partial charge in [0.05, 0.1) is 10.8 Å². The summed E-state index contributed by atoms with van der Waals surface area (Å²) < 4.78 is 1.05. The maximum atomic E-state index is 12.2. The number of unbranched alkanes of at least 4 members (excludes halogenated alkanes) is 1. The summed E-state index contributed by atoms with van der Waals surface area (Å²) >= 11 is 0. The van der Waals surface area contributed by atoms with E-state index in [9.17, 15) is 14.4 Å². The van der Waals surface area contributed by atoms with Crippen LogP contribution in [0.2, 0.25) is 0 Å². The number of fused-ring (bicyclic) bond motifs is 1. The van der Waals surface area contributed by atoms with Crippen molar-refractivity contribution >= 4 is 16.7 Å². The van der Waals surface area contributed by atoms with Crippen LogP contribution < -0.4 is 16.4 Å². The Morgan fingerprint density at radius 2 is 1.95 bits per heavy atom. The molecule has 0 saturated heterocycles. The van der Waals surface area contributed by atoms with Gasteiger partial charge in [0.25, 0.3) is 11.1 Å². The van der Waals surface area contributed by atoms with Crippen molar-refractivity contribution in [2.24, 2.45) is 0 Å². The second-order valence-corrected chi connectivity index (χ2v) is 4.58. The molecule has 1 aromatic carbocycles. The topological polar surface area (TPSA) is 84.0 Å². The molecular weight excluding hydrogens is 258 g/mol. The van der Waals surface area contributed by atoms with Crippen LogP contribution in [-0.2, 0) is 11.3 Å². The van der Waals surface area contributed by atoms with Crippen LogP contribution >= 0.6 is 0 Å². The van der Waals surface area contributed by atoms with E-state index in [-0.39, 0.29) is 23.6 Å². The maximum Gasteiger partial charge on any atom is 0.273 e. The Balaban J connectivity index is 2.27. The van der Waals surface area contributed by atoms with Crippen molar-refractivity contribution in [3.8, 4) is 0 Å². The molecule has 0 bridgehead atoms. The van der Waals surface area contributed by atoms with Gasteiger partial charge in [-0.15, -0.1) is 0 Å². The second kappa shape index (κ2) is 6.18. The summed E-state index contributed by atoms with van der Waals surface area (Å²) in [6.45, 7) is 2.42. The zero-order chi connectivity index (χ0) is 14.5. The van der Waals surface area contributed by atoms with Crippen LogP contribution in [0.15, 0.2) is 33.9 Å². The highest BCUT2D eigenvalue weighted by Gasteiger charge is 2.09. The number of carbonyl (C=O) groups excluding carboxylic acids is 1. The molecule has 0 aliphatic heterocycles. The highest BCUT2D eigenvalue weighted by atomic mass is 16.2. The van der Waals surface area contributed by atoms with E-state index in [1.165, 1.54) is 0 Å². The summed E-state index contributed by atoms with van der Waals surface area (Å²) in [4.78, 5) is 35.7. The highest BCUT2D eigenvalue weighted by Crippen LogP contribution is 2.02. The van der Waals surface area contributed by atoms with Gasteiger partial charge >= 0.3 is 0 Å². The third-order valence-corrected chi connectivity index (χ3v) is 3.04. The molecule has 2 N–H and O–H groups in total. The average Bonchev–Trinajstić information content (AvgIpc) is 2.45. The van der Waals surface area contributed by atoms with Gasteiger partial charge in [-0.25, -0.2) is 4.68 Å². The van der Waals surface area contributed by atoms with Crippen molar-refractivity contribution in [2.75, 3.05) is 6.54 Å². The molecule has 20 heavy (non-hydrogen) atoms. The minimum absolute atomic E-state index is 0.178. The fraction of sp³-hybridized carbons (Fsp3) is 0.357. The number of rotatable bonds is 5. The number of amides is 1. The van der Waals surface area contributed by atoms with E-state index in [2.05, 4.69) is 10.4 Å². The summed E-state index contributed by atoms with van der Waals surface area (Å²) in [6.07, 6.45) is 1.86. The quantitative estimate of drug-likeness (QED) is 0.784. The van der Waals surface area contributed by atoms with E-state index in [1.807, 2.05) is 6.92 Å². The molecule has 0 aliphatic carbocycles. The van der Waals surface area contributed by atoms with Gasteiger partial charge in [0, 0.05) is 6.54 Å². The molecule has 0 unspecified atom stereocenters. The van der Waals surface area contributed by atoms with E-state index in [4.69, 9.17) is 0 Å². The average molecular weight is 275 g/mol. The van der Waals surface area contributed by atoms with Gasteiger partial charge in [-0.3, -0.25) is 19.5 Å². The van der Waals surface area contributed by atoms with Gasteiger partial charge in [-0.05, 0) is 18.6 Å². The Hall–Kier alpha value is -2.37. The number of benzene rings is 1.